The molecular formula is C16H18Cl2N2O5. The maximum atomic E-state index is 12.1. The summed E-state index contributed by atoms with van der Waals surface area (Å²) in [5.74, 6) is -1.44. The van der Waals surface area contributed by atoms with Crippen molar-refractivity contribution in [3.63, 3.8) is 0 Å². The van der Waals surface area contributed by atoms with Crippen LogP contribution < -0.4 is 0 Å². The lowest BCUT2D eigenvalue weighted by Crippen LogP contribution is -2.42. The summed E-state index contributed by atoms with van der Waals surface area (Å²) in [6.45, 7) is 2.57. The predicted molar refractivity (Wildman–Crippen MR) is 90.5 cm³/mol. The molecule has 1 aromatic heterocycles. The van der Waals surface area contributed by atoms with Gasteiger partial charge in [0.1, 0.15) is 5.15 Å². The van der Waals surface area contributed by atoms with Gasteiger partial charge in [-0.2, -0.15) is 0 Å². The van der Waals surface area contributed by atoms with E-state index in [1.807, 2.05) is 0 Å². The summed E-state index contributed by atoms with van der Waals surface area (Å²) in [7, 11) is 0. The molecule has 1 fully saturated rings. The maximum absolute atomic E-state index is 12.1. The fraction of sp³-hybridized carbons (Fsp3) is 0.500. The van der Waals surface area contributed by atoms with E-state index in [9.17, 15) is 14.4 Å². The van der Waals surface area contributed by atoms with E-state index < -0.39 is 5.97 Å². The summed E-state index contributed by atoms with van der Waals surface area (Å²) in [4.78, 5) is 41.0. The van der Waals surface area contributed by atoms with Crippen molar-refractivity contribution in [3.05, 3.63) is 28.0 Å². The van der Waals surface area contributed by atoms with Crippen molar-refractivity contribution in [1.29, 1.82) is 0 Å². The van der Waals surface area contributed by atoms with Crippen LogP contribution in [0.2, 0.25) is 10.2 Å². The van der Waals surface area contributed by atoms with Gasteiger partial charge in [0.2, 0.25) is 0 Å². The average Bonchev–Trinajstić information content (AvgIpc) is 2.62. The van der Waals surface area contributed by atoms with Crippen LogP contribution in [0.1, 0.15) is 30.1 Å². The molecule has 0 N–H and O–H groups in total. The average molecular weight is 389 g/mol. The van der Waals surface area contributed by atoms with E-state index in [0.717, 1.165) is 0 Å². The number of hydrogen-bond donors (Lipinski definition) is 0. The third-order valence-corrected chi connectivity index (χ3v) is 4.51. The molecular weight excluding hydrogens is 371 g/mol. The van der Waals surface area contributed by atoms with Crippen LogP contribution >= 0.6 is 23.2 Å². The van der Waals surface area contributed by atoms with Gasteiger partial charge in [0.05, 0.1) is 23.1 Å². The molecule has 136 valence electrons. The molecule has 0 aliphatic carbocycles. The number of hydrogen-bond acceptors (Lipinski definition) is 6. The molecule has 0 spiro atoms. The van der Waals surface area contributed by atoms with Crippen LogP contribution in [0.5, 0.6) is 0 Å². The number of aromatic nitrogens is 1. The van der Waals surface area contributed by atoms with Crippen molar-refractivity contribution in [2.75, 3.05) is 26.3 Å². The van der Waals surface area contributed by atoms with Crippen LogP contribution in [-0.2, 0) is 19.1 Å². The van der Waals surface area contributed by atoms with E-state index >= 15 is 0 Å². The Labute approximate surface area is 155 Å². The number of esters is 2. The van der Waals surface area contributed by atoms with Crippen LogP contribution in [-0.4, -0.2) is 54.0 Å². The summed E-state index contributed by atoms with van der Waals surface area (Å²) < 4.78 is 9.97. The molecule has 0 saturated carbocycles. The Hall–Kier alpha value is -1.86. The Morgan fingerprint density at radius 3 is 2.52 bits per heavy atom. The molecule has 1 amide bonds. The number of carbonyl (C=O) groups is 3. The first kappa shape index (κ1) is 19.5. The number of amides is 1. The number of likely N-dealkylation sites (tertiary alicyclic amines) is 1. The Bertz CT molecular complexity index is 660. The quantitative estimate of drug-likeness (QED) is 0.568. The third-order valence-electron chi connectivity index (χ3n) is 3.83. The second-order valence-corrected chi connectivity index (χ2v) is 6.25. The van der Waals surface area contributed by atoms with Crippen LogP contribution in [0.15, 0.2) is 12.3 Å². The van der Waals surface area contributed by atoms with Gasteiger partial charge in [-0.05, 0) is 25.8 Å². The number of carbonyl (C=O) groups excluding carboxylic acids is 3. The third kappa shape index (κ3) is 5.31. The molecule has 1 saturated heterocycles. The number of pyridine rings is 1. The lowest BCUT2D eigenvalue weighted by Gasteiger charge is -2.30. The van der Waals surface area contributed by atoms with Gasteiger partial charge in [-0.3, -0.25) is 9.59 Å². The zero-order chi connectivity index (χ0) is 18.4. The minimum atomic E-state index is -0.708. The first-order valence-corrected chi connectivity index (χ1v) is 8.60. The molecule has 1 aromatic rings. The molecule has 7 nitrogen and oxygen atoms in total. The summed E-state index contributed by atoms with van der Waals surface area (Å²) in [6, 6.07) is 1.33. The van der Waals surface area contributed by atoms with Gasteiger partial charge in [0.25, 0.3) is 5.91 Å². The normalized spacial score (nSPS) is 14.9. The van der Waals surface area contributed by atoms with Crippen LogP contribution in [0.25, 0.3) is 0 Å². The van der Waals surface area contributed by atoms with E-state index in [0.29, 0.717) is 32.5 Å². The monoisotopic (exact) mass is 388 g/mol. The summed E-state index contributed by atoms with van der Waals surface area (Å²) in [6.07, 6.45) is 2.30. The molecule has 25 heavy (non-hydrogen) atoms. The zero-order valence-corrected chi connectivity index (χ0v) is 15.2. The van der Waals surface area contributed by atoms with Crippen molar-refractivity contribution in [2.24, 2.45) is 5.92 Å². The topological polar surface area (TPSA) is 85.8 Å². The number of halogens is 2. The van der Waals surface area contributed by atoms with Gasteiger partial charge in [0.15, 0.2) is 6.61 Å². The van der Waals surface area contributed by atoms with Crippen molar-refractivity contribution in [3.8, 4) is 0 Å². The van der Waals surface area contributed by atoms with Crippen molar-refractivity contribution in [2.45, 2.75) is 19.8 Å². The number of piperidine rings is 1. The molecule has 0 unspecified atom stereocenters. The highest BCUT2D eigenvalue weighted by atomic mass is 35.5. The predicted octanol–water partition coefficient (Wildman–Crippen LogP) is 2.35. The van der Waals surface area contributed by atoms with Crippen LogP contribution in [0, 0.1) is 5.92 Å². The largest absolute Gasteiger partial charge is 0.466 e. The van der Waals surface area contributed by atoms with Gasteiger partial charge >= 0.3 is 11.9 Å². The highest BCUT2D eigenvalue weighted by Gasteiger charge is 2.28. The number of nitrogens with zero attached hydrogens (tertiary/aromatic N) is 2. The van der Waals surface area contributed by atoms with E-state index in [4.69, 9.17) is 32.7 Å². The lowest BCUT2D eigenvalue weighted by molar-refractivity contribution is -0.151. The maximum Gasteiger partial charge on any atom is 0.340 e. The minimum absolute atomic E-state index is 0.0822. The van der Waals surface area contributed by atoms with Crippen LogP contribution in [0.3, 0.4) is 0 Å². The Morgan fingerprint density at radius 1 is 1.24 bits per heavy atom. The van der Waals surface area contributed by atoms with Gasteiger partial charge in [-0.15, -0.1) is 0 Å². The molecule has 2 rings (SSSR count). The molecule has 0 atom stereocenters. The van der Waals surface area contributed by atoms with E-state index in [-0.39, 0.29) is 40.1 Å². The molecule has 1 aliphatic heterocycles. The molecule has 2 heterocycles. The highest BCUT2D eigenvalue weighted by molar-refractivity contribution is 6.41. The van der Waals surface area contributed by atoms with Crippen molar-refractivity contribution in [1.82, 2.24) is 9.88 Å². The fourth-order valence-corrected chi connectivity index (χ4v) is 2.73. The van der Waals surface area contributed by atoms with Gasteiger partial charge in [-0.25, -0.2) is 9.78 Å². The van der Waals surface area contributed by atoms with Crippen LogP contribution in [0.4, 0.5) is 0 Å². The van der Waals surface area contributed by atoms with Crippen molar-refractivity contribution < 1.29 is 23.9 Å². The SMILES string of the molecule is CCOC(=O)C1CCN(C(=O)COC(=O)c2cnc(Cl)c(Cl)c2)CC1. The first-order valence-electron chi connectivity index (χ1n) is 7.85. The van der Waals surface area contributed by atoms with Gasteiger partial charge < -0.3 is 14.4 Å². The smallest absolute Gasteiger partial charge is 0.340 e. The van der Waals surface area contributed by atoms with Crippen molar-refractivity contribution >= 4 is 41.0 Å². The standard InChI is InChI=1S/C16H18Cl2N2O5/c1-2-24-15(22)10-3-5-20(6-4-10)13(21)9-25-16(23)11-7-12(17)14(18)19-8-11/h7-8,10H,2-6,9H2,1H3. The first-order chi connectivity index (χ1) is 11.9. The molecule has 0 bridgehead atoms. The Kier molecular flexibility index (Phi) is 7.01. The minimum Gasteiger partial charge on any atom is -0.466 e. The van der Waals surface area contributed by atoms with E-state index in [1.165, 1.54) is 12.3 Å². The Morgan fingerprint density at radius 2 is 1.92 bits per heavy atom. The highest BCUT2D eigenvalue weighted by Crippen LogP contribution is 2.21. The van der Waals surface area contributed by atoms with E-state index in [1.54, 1.807) is 11.8 Å². The summed E-state index contributed by atoms with van der Waals surface area (Å²) in [5, 5.41) is 0.210. The Balaban J connectivity index is 1.80. The summed E-state index contributed by atoms with van der Waals surface area (Å²) in [5.41, 5.74) is 0.114. The lowest BCUT2D eigenvalue weighted by atomic mass is 9.97. The molecule has 9 heteroatoms. The molecule has 0 radical (unpaired) electrons. The number of rotatable bonds is 5. The summed E-state index contributed by atoms with van der Waals surface area (Å²) >= 11 is 11.5. The van der Waals surface area contributed by atoms with Gasteiger partial charge in [0, 0.05) is 19.3 Å². The molecule has 0 aromatic carbocycles. The van der Waals surface area contributed by atoms with Gasteiger partial charge in [-0.1, -0.05) is 23.2 Å². The second kappa shape index (κ2) is 9.01. The number of ether oxygens (including phenoxy) is 2. The second-order valence-electron chi connectivity index (χ2n) is 5.48. The zero-order valence-electron chi connectivity index (χ0n) is 13.7. The fourth-order valence-electron chi connectivity index (χ4n) is 2.46. The van der Waals surface area contributed by atoms with E-state index in [2.05, 4.69) is 4.98 Å². The molecule has 1 aliphatic rings.